The molecule has 0 aromatic heterocycles. The maximum Gasteiger partial charge on any atom is 0.306 e. The summed E-state index contributed by atoms with van der Waals surface area (Å²) in [6.07, 6.45) is 77.1. The van der Waals surface area contributed by atoms with Crippen molar-refractivity contribution in [3.63, 3.8) is 0 Å². The van der Waals surface area contributed by atoms with Crippen molar-refractivity contribution < 1.29 is 42.1 Å². The van der Waals surface area contributed by atoms with Crippen LogP contribution in [-0.4, -0.2) is 70.0 Å². The number of phosphoric ester groups is 1. The number of hydrogen-bond donors (Lipinski definition) is 0. The van der Waals surface area contributed by atoms with Crippen LogP contribution in [0.3, 0.4) is 0 Å². The summed E-state index contributed by atoms with van der Waals surface area (Å²) in [6.45, 7) is 4.25. The zero-order valence-corrected chi connectivity index (χ0v) is 52.8. The smallest absolute Gasteiger partial charge is 0.306 e. The second kappa shape index (κ2) is 59.3. The van der Waals surface area contributed by atoms with Gasteiger partial charge >= 0.3 is 11.9 Å². The Kier molecular flexibility index (Phi) is 57.6. The Morgan fingerprint density at radius 1 is 0.397 bits per heavy atom. The zero-order chi connectivity index (χ0) is 57.0. The van der Waals surface area contributed by atoms with E-state index in [9.17, 15) is 19.0 Å². The van der Waals surface area contributed by atoms with Crippen LogP contribution < -0.4 is 4.89 Å². The number of likely N-dealkylation sites (N-methyl/N-ethyl adjacent to an activating group) is 1. The molecule has 0 saturated heterocycles. The summed E-state index contributed by atoms with van der Waals surface area (Å²) in [6, 6.07) is 0. The third-order valence-corrected chi connectivity index (χ3v) is 15.5. The van der Waals surface area contributed by atoms with E-state index in [1.165, 1.54) is 218 Å². The van der Waals surface area contributed by atoms with Crippen molar-refractivity contribution in [2.24, 2.45) is 0 Å². The lowest BCUT2D eigenvalue weighted by Crippen LogP contribution is -2.37. The fraction of sp³-hybridized carbons (Fsp3) is 0.824. The molecule has 2 unspecified atom stereocenters. The largest absolute Gasteiger partial charge is 0.756 e. The van der Waals surface area contributed by atoms with Crippen LogP contribution in [0.5, 0.6) is 0 Å². The van der Waals surface area contributed by atoms with Crippen molar-refractivity contribution in [3.05, 3.63) is 60.8 Å². The van der Waals surface area contributed by atoms with Crippen LogP contribution in [0.15, 0.2) is 60.8 Å². The fourth-order valence-electron chi connectivity index (χ4n) is 9.40. The Bertz CT molecular complexity index is 1500. The van der Waals surface area contributed by atoms with Crippen LogP contribution in [0.1, 0.15) is 309 Å². The van der Waals surface area contributed by atoms with E-state index >= 15 is 0 Å². The van der Waals surface area contributed by atoms with Crippen molar-refractivity contribution >= 4 is 19.8 Å². The first-order valence-corrected chi connectivity index (χ1v) is 34.5. The number of unbranched alkanes of at least 4 members (excludes halogenated alkanes) is 37. The number of esters is 2. The third kappa shape index (κ3) is 62.9. The molecule has 0 heterocycles. The summed E-state index contributed by atoms with van der Waals surface area (Å²) in [5.74, 6) is -0.825. The Labute approximate surface area is 483 Å². The molecule has 0 fully saturated rings. The summed E-state index contributed by atoms with van der Waals surface area (Å²) >= 11 is 0. The number of quaternary nitrogens is 1. The van der Waals surface area contributed by atoms with Gasteiger partial charge in [-0.15, -0.1) is 0 Å². The fourth-order valence-corrected chi connectivity index (χ4v) is 10.1. The molecule has 0 N–H and O–H groups in total. The first-order chi connectivity index (χ1) is 38.0. The summed E-state index contributed by atoms with van der Waals surface area (Å²) in [5, 5.41) is 0. The minimum atomic E-state index is -4.64. The standard InChI is InChI=1S/C68H126NO8P/c1-6-8-10-12-14-16-18-20-22-24-26-28-30-31-32-33-34-35-36-37-39-41-43-45-47-49-51-53-55-57-59-61-68(71)77-66(65-76-78(72,73)75-63-62-69(3,4)5)64-74-67(70)60-58-56-54-52-50-48-46-44-42-40-38-29-27-25-23-21-19-17-15-13-11-9-7-2/h18-21,24-27,30-31,66H,6-17,22-23,28-29,32-65H2,1-5H3/b20-18-,21-19-,26-24-,27-25-,31-30-. The number of allylic oxidation sites excluding steroid dienone is 10. The SMILES string of the molecule is CCCCCCC/C=C\C/C=C\C/C=C\CCCCCCCCCCCCCCCCCCC(=O)OC(COC(=O)CCCCCCCCCCCCC/C=C\C/C=C\CCCCCCC)COP(=O)([O-])OCC[N+](C)(C)C. The summed E-state index contributed by atoms with van der Waals surface area (Å²) in [4.78, 5) is 38.0. The van der Waals surface area contributed by atoms with Crippen molar-refractivity contribution in [1.29, 1.82) is 0 Å². The average molecular weight is 1120 g/mol. The quantitative estimate of drug-likeness (QED) is 0.0195. The summed E-state index contributed by atoms with van der Waals surface area (Å²) < 4.78 is 34.3. The maximum absolute atomic E-state index is 12.8. The summed E-state index contributed by atoms with van der Waals surface area (Å²) in [5.41, 5.74) is 0. The number of carbonyl (C=O) groups excluding carboxylic acids is 2. The number of ether oxygens (including phenoxy) is 2. The topological polar surface area (TPSA) is 111 Å². The molecule has 0 aliphatic heterocycles. The number of nitrogens with zero attached hydrogens (tertiary/aromatic N) is 1. The lowest BCUT2D eigenvalue weighted by atomic mass is 10.0. The van der Waals surface area contributed by atoms with E-state index in [2.05, 4.69) is 74.6 Å². The lowest BCUT2D eigenvalue weighted by Gasteiger charge is -2.28. The van der Waals surface area contributed by atoms with Gasteiger partial charge in [-0.25, -0.2) is 0 Å². The Morgan fingerprint density at radius 2 is 0.692 bits per heavy atom. The van der Waals surface area contributed by atoms with Gasteiger partial charge in [0.2, 0.25) is 0 Å². The molecule has 0 aliphatic rings. The molecule has 9 nitrogen and oxygen atoms in total. The van der Waals surface area contributed by atoms with E-state index in [-0.39, 0.29) is 32.0 Å². The van der Waals surface area contributed by atoms with Gasteiger partial charge in [0.25, 0.3) is 7.82 Å². The summed E-state index contributed by atoms with van der Waals surface area (Å²) in [7, 11) is 1.17. The van der Waals surface area contributed by atoms with E-state index in [4.69, 9.17) is 18.5 Å². The molecule has 2 atom stereocenters. The number of hydrogen-bond acceptors (Lipinski definition) is 8. The predicted octanol–water partition coefficient (Wildman–Crippen LogP) is 20.4. The van der Waals surface area contributed by atoms with Gasteiger partial charge in [-0.2, -0.15) is 0 Å². The van der Waals surface area contributed by atoms with E-state index in [1.54, 1.807) is 0 Å². The van der Waals surface area contributed by atoms with E-state index < -0.39 is 26.5 Å². The van der Waals surface area contributed by atoms with Crippen LogP contribution >= 0.6 is 7.82 Å². The minimum Gasteiger partial charge on any atom is -0.756 e. The van der Waals surface area contributed by atoms with Gasteiger partial charge in [-0.3, -0.25) is 14.2 Å². The number of phosphoric acid groups is 1. The van der Waals surface area contributed by atoms with Crippen LogP contribution in [-0.2, 0) is 32.7 Å². The second-order valence-corrected chi connectivity index (χ2v) is 24.9. The lowest BCUT2D eigenvalue weighted by molar-refractivity contribution is -0.870. The highest BCUT2D eigenvalue weighted by Crippen LogP contribution is 2.38. The third-order valence-electron chi connectivity index (χ3n) is 14.5. The molecule has 0 rings (SSSR count). The molecule has 0 spiro atoms. The number of carbonyl (C=O) groups is 2. The molecule has 456 valence electrons. The van der Waals surface area contributed by atoms with E-state index in [0.717, 1.165) is 57.8 Å². The first-order valence-electron chi connectivity index (χ1n) is 33.0. The van der Waals surface area contributed by atoms with Crippen molar-refractivity contribution in [3.8, 4) is 0 Å². The van der Waals surface area contributed by atoms with Gasteiger partial charge in [-0.1, -0.05) is 274 Å². The molecule has 78 heavy (non-hydrogen) atoms. The Morgan fingerprint density at radius 3 is 1.03 bits per heavy atom. The predicted molar refractivity (Wildman–Crippen MR) is 333 cm³/mol. The molecular weight excluding hydrogens is 990 g/mol. The second-order valence-electron chi connectivity index (χ2n) is 23.5. The van der Waals surface area contributed by atoms with Gasteiger partial charge in [0.15, 0.2) is 6.10 Å². The molecule has 0 aromatic carbocycles. The molecule has 0 saturated carbocycles. The van der Waals surface area contributed by atoms with E-state index in [0.29, 0.717) is 17.4 Å². The van der Waals surface area contributed by atoms with Crippen molar-refractivity contribution in [2.45, 2.75) is 315 Å². The highest BCUT2D eigenvalue weighted by Gasteiger charge is 2.22. The van der Waals surface area contributed by atoms with Gasteiger partial charge < -0.3 is 27.9 Å². The number of rotatable bonds is 61. The Hall–Kier alpha value is -2.29. The Balaban J connectivity index is 4.07. The molecule has 0 aliphatic carbocycles. The van der Waals surface area contributed by atoms with Gasteiger partial charge in [0.05, 0.1) is 27.7 Å². The normalized spacial score (nSPS) is 13.6. The van der Waals surface area contributed by atoms with Crippen LogP contribution in [0.25, 0.3) is 0 Å². The monoisotopic (exact) mass is 1120 g/mol. The molecule has 0 radical (unpaired) electrons. The zero-order valence-electron chi connectivity index (χ0n) is 51.9. The van der Waals surface area contributed by atoms with Gasteiger partial charge in [0, 0.05) is 12.8 Å². The van der Waals surface area contributed by atoms with Crippen LogP contribution in [0.4, 0.5) is 0 Å². The first kappa shape index (κ1) is 75.7. The minimum absolute atomic E-state index is 0.0313. The highest BCUT2D eigenvalue weighted by molar-refractivity contribution is 7.45. The average Bonchev–Trinajstić information content (AvgIpc) is 3.40. The molecular formula is C68H126NO8P. The van der Waals surface area contributed by atoms with Crippen molar-refractivity contribution in [1.82, 2.24) is 0 Å². The maximum atomic E-state index is 12.8. The highest BCUT2D eigenvalue weighted by atomic mass is 31.2. The van der Waals surface area contributed by atoms with E-state index in [1.807, 2.05) is 21.1 Å². The van der Waals surface area contributed by atoms with Gasteiger partial charge in [-0.05, 0) is 83.5 Å². The molecule has 0 aromatic rings. The van der Waals surface area contributed by atoms with Crippen LogP contribution in [0.2, 0.25) is 0 Å². The van der Waals surface area contributed by atoms with Gasteiger partial charge in [0.1, 0.15) is 19.8 Å². The van der Waals surface area contributed by atoms with Crippen LogP contribution in [0, 0.1) is 0 Å². The molecule has 0 amide bonds. The molecule has 0 bridgehead atoms. The van der Waals surface area contributed by atoms with Crippen molar-refractivity contribution in [2.75, 3.05) is 47.5 Å². The molecule has 10 heteroatoms.